The Labute approximate surface area is 129 Å². The average Bonchev–Trinajstić information content (AvgIpc) is 2.93. The van der Waals surface area contributed by atoms with Crippen molar-refractivity contribution in [3.63, 3.8) is 0 Å². The van der Waals surface area contributed by atoms with E-state index in [9.17, 15) is 4.79 Å². The second-order valence-corrected chi connectivity index (χ2v) is 6.77. The molecular formula is C16H22BrNO2. The monoisotopic (exact) mass is 339 g/mol. The van der Waals surface area contributed by atoms with E-state index in [1.165, 1.54) is 0 Å². The topological polar surface area (TPSA) is 38.3 Å². The lowest BCUT2D eigenvalue weighted by Gasteiger charge is -2.36. The van der Waals surface area contributed by atoms with Gasteiger partial charge in [-0.25, -0.2) is 0 Å². The van der Waals surface area contributed by atoms with Gasteiger partial charge in [0, 0.05) is 11.1 Å². The lowest BCUT2D eigenvalue weighted by atomic mass is 9.81. The number of halogens is 1. The van der Waals surface area contributed by atoms with Crippen LogP contribution >= 0.6 is 15.9 Å². The van der Waals surface area contributed by atoms with Gasteiger partial charge in [-0.3, -0.25) is 4.79 Å². The van der Waals surface area contributed by atoms with Crippen LogP contribution in [0.25, 0.3) is 0 Å². The summed E-state index contributed by atoms with van der Waals surface area (Å²) in [5.74, 6) is 0.288. The molecule has 110 valence electrons. The van der Waals surface area contributed by atoms with Crippen molar-refractivity contribution >= 4 is 21.8 Å². The molecule has 1 aromatic carbocycles. The predicted octanol–water partition coefficient (Wildman–Crippen LogP) is 3.62. The van der Waals surface area contributed by atoms with Gasteiger partial charge in [-0.1, -0.05) is 41.9 Å². The van der Waals surface area contributed by atoms with E-state index in [0.29, 0.717) is 6.61 Å². The third-order valence-corrected chi connectivity index (χ3v) is 4.73. The minimum absolute atomic E-state index is 0.00150. The summed E-state index contributed by atoms with van der Waals surface area (Å²) in [7, 11) is 0. The Morgan fingerprint density at radius 2 is 2.05 bits per heavy atom. The van der Waals surface area contributed by atoms with Crippen molar-refractivity contribution in [3.05, 3.63) is 34.3 Å². The Bertz CT molecular complexity index is 466. The van der Waals surface area contributed by atoms with E-state index in [-0.39, 0.29) is 23.5 Å². The molecule has 0 aromatic heterocycles. The minimum atomic E-state index is -0.385. The molecular weight excluding hydrogens is 318 g/mol. The van der Waals surface area contributed by atoms with Gasteiger partial charge in [0.1, 0.15) is 6.10 Å². The van der Waals surface area contributed by atoms with Crippen LogP contribution in [-0.4, -0.2) is 18.6 Å². The van der Waals surface area contributed by atoms with Crippen LogP contribution < -0.4 is 5.32 Å². The maximum Gasteiger partial charge on any atom is 0.249 e. The van der Waals surface area contributed by atoms with Gasteiger partial charge in [0.25, 0.3) is 0 Å². The molecule has 4 heteroatoms. The Hall–Kier alpha value is -0.870. The molecule has 0 aliphatic carbocycles. The third kappa shape index (κ3) is 3.23. The number of nitrogens with one attached hydrogen (secondary N) is 1. The maximum atomic E-state index is 12.4. The zero-order chi connectivity index (χ0) is 14.8. The Balaban J connectivity index is 2.20. The predicted molar refractivity (Wildman–Crippen MR) is 83.4 cm³/mol. The first kappa shape index (κ1) is 15.5. The number of carbonyl (C=O) groups excluding carboxylic acids is 1. The van der Waals surface area contributed by atoms with Crippen molar-refractivity contribution in [1.29, 1.82) is 0 Å². The SMILES string of the molecule is CC(C)[C@](C)(NC(=O)[C@@H]1CCCO1)c1ccc(Br)cc1. The summed E-state index contributed by atoms with van der Waals surface area (Å²) < 4.78 is 6.52. The van der Waals surface area contributed by atoms with Crippen LogP contribution in [0.2, 0.25) is 0 Å². The quantitative estimate of drug-likeness (QED) is 0.909. The summed E-state index contributed by atoms with van der Waals surface area (Å²) >= 11 is 3.45. The first-order chi connectivity index (χ1) is 9.43. The molecule has 1 heterocycles. The van der Waals surface area contributed by atoms with Crippen molar-refractivity contribution < 1.29 is 9.53 Å². The van der Waals surface area contributed by atoms with Crippen molar-refractivity contribution in [2.45, 2.75) is 45.3 Å². The number of carbonyl (C=O) groups is 1. The molecule has 0 radical (unpaired) electrons. The largest absolute Gasteiger partial charge is 0.368 e. The van der Waals surface area contributed by atoms with Crippen LogP contribution in [0.1, 0.15) is 39.2 Å². The molecule has 2 rings (SSSR count). The highest BCUT2D eigenvalue weighted by molar-refractivity contribution is 9.10. The van der Waals surface area contributed by atoms with E-state index in [4.69, 9.17) is 4.74 Å². The second-order valence-electron chi connectivity index (χ2n) is 5.85. The van der Waals surface area contributed by atoms with Crippen molar-refractivity contribution in [3.8, 4) is 0 Å². The molecule has 1 amide bonds. The zero-order valence-electron chi connectivity index (χ0n) is 12.3. The van der Waals surface area contributed by atoms with E-state index in [1.807, 2.05) is 12.1 Å². The highest BCUT2D eigenvalue weighted by atomic mass is 79.9. The van der Waals surface area contributed by atoms with E-state index in [1.54, 1.807) is 0 Å². The molecule has 1 N–H and O–H groups in total. The number of ether oxygens (including phenoxy) is 1. The van der Waals surface area contributed by atoms with Gasteiger partial charge in [0.2, 0.25) is 5.91 Å². The summed E-state index contributed by atoms with van der Waals surface area (Å²) in [6.45, 7) is 7.01. The number of hydrogen-bond acceptors (Lipinski definition) is 2. The molecule has 0 saturated carbocycles. The van der Waals surface area contributed by atoms with Gasteiger partial charge in [0.05, 0.1) is 5.54 Å². The fourth-order valence-electron chi connectivity index (χ4n) is 2.47. The van der Waals surface area contributed by atoms with E-state index < -0.39 is 0 Å². The Kier molecular flexibility index (Phi) is 4.86. The molecule has 2 atom stereocenters. The van der Waals surface area contributed by atoms with Crippen LogP contribution in [0.3, 0.4) is 0 Å². The smallest absolute Gasteiger partial charge is 0.249 e. The van der Waals surface area contributed by atoms with Gasteiger partial charge >= 0.3 is 0 Å². The molecule has 1 fully saturated rings. The second kappa shape index (κ2) is 6.27. The molecule has 1 saturated heterocycles. The molecule has 0 spiro atoms. The summed E-state index contributed by atoms with van der Waals surface area (Å²) in [6, 6.07) is 8.13. The zero-order valence-corrected chi connectivity index (χ0v) is 13.9. The number of rotatable bonds is 4. The summed E-state index contributed by atoms with van der Waals surface area (Å²) in [5, 5.41) is 3.19. The standard InChI is InChI=1S/C16H22BrNO2/c1-11(2)16(3,12-6-8-13(17)9-7-12)18-15(19)14-5-4-10-20-14/h6-9,11,14H,4-5,10H2,1-3H3,(H,18,19)/t14-,16-/m0/s1. The first-order valence-electron chi connectivity index (χ1n) is 7.13. The minimum Gasteiger partial charge on any atom is -0.368 e. The fourth-order valence-corrected chi connectivity index (χ4v) is 2.73. The third-order valence-electron chi connectivity index (χ3n) is 4.20. The van der Waals surface area contributed by atoms with Crippen LogP contribution in [0.4, 0.5) is 0 Å². The highest BCUT2D eigenvalue weighted by Gasteiger charge is 2.35. The summed E-state index contributed by atoms with van der Waals surface area (Å²) in [4.78, 5) is 12.4. The van der Waals surface area contributed by atoms with Gasteiger partial charge in [0.15, 0.2) is 0 Å². The van der Waals surface area contributed by atoms with Crippen LogP contribution in [0.15, 0.2) is 28.7 Å². The van der Waals surface area contributed by atoms with Gasteiger partial charge < -0.3 is 10.1 Å². The van der Waals surface area contributed by atoms with Crippen molar-refractivity contribution in [1.82, 2.24) is 5.32 Å². The van der Waals surface area contributed by atoms with Gasteiger partial charge in [-0.2, -0.15) is 0 Å². The number of amides is 1. The van der Waals surface area contributed by atoms with Gasteiger partial charge in [-0.05, 0) is 43.4 Å². The fraction of sp³-hybridized carbons (Fsp3) is 0.562. The lowest BCUT2D eigenvalue weighted by Crippen LogP contribution is -2.50. The molecule has 0 unspecified atom stereocenters. The normalized spacial score (nSPS) is 21.8. The molecule has 1 aliphatic rings. The number of benzene rings is 1. The average molecular weight is 340 g/mol. The molecule has 1 aliphatic heterocycles. The molecule has 0 bridgehead atoms. The van der Waals surface area contributed by atoms with E-state index in [0.717, 1.165) is 22.9 Å². The van der Waals surface area contributed by atoms with Crippen LogP contribution in [0.5, 0.6) is 0 Å². The van der Waals surface area contributed by atoms with Crippen molar-refractivity contribution in [2.24, 2.45) is 5.92 Å². The Morgan fingerprint density at radius 1 is 1.40 bits per heavy atom. The summed E-state index contributed by atoms with van der Waals surface area (Å²) in [5.41, 5.74) is 0.728. The highest BCUT2D eigenvalue weighted by Crippen LogP contribution is 2.30. The van der Waals surface area contributed by atoms with E-state index in [2.05, 4.69) is 54.2 Å². The maximum absolute atomic E-state index is 12.4. The van der Waals surface area contributed by atoms with Crippen LogP contribution in [-0.2, 0) is 15.1 Å². The lowest BCUT2D eigenvalue weighted by molar-refractivity contribution is -0.132. The van der Waals surface area contributed by atoms with E-state index >= 15 is 0 Å². The van der Waals surface area contributed by atoms with Crippen LogP contribution in [0, 0.1) is 5.92 Å². The van der Waals surface area contributed by atoms with Crippen molar-refractivity contribution in [2.75, 3.05) is 6.61 Å². The molecule has 3 nitrogen and oxygen atoms in total. The number of hydrogen-bond donors (Lipinski definition) is 1. The first-order valence-corrected chi connectivity index (χ1v) is 7.92. The molecule has 20 heavy (non-hydrogen) atoms. The van der Waals surface area contributed by atoms with Gasteiger partial charge in [-0.15, -0.1) is 0 Å². The Morgan fingerprint density at radius 3 is 2.55 bits per heavy atom. The molecule has 1 aromatic rings. The summed E-state index contributed by atoms with van der Waals surface area (Å²) in [6.07, 6.45) is 1.50.